The lowest BCUT2D eigenvalue weighted by Crippen LogP contribution is -2.15. The van der Waals surface area contributed by atoms with Crippen LogP contribution >= 0.6 is 0 Å². The molecule has 0 radical (unpaired) electrons. The summed E-state index contributed by atoms with van der Waals surface area (Å²) in [4.78, 5) is 3.97. The molecule has 0 aliphatic rings. The Balaban J connectivity index is 0. The summed E-state index contributed by atoms with van der Waals surface area (Å²) in [6.07, 6.45) is 1.49. The molecule has 0 atom stereocenters. The van der Waals surface area contributed by atoms with Crippen molar-refractivity contribution in [3.05, 3.63) is 17.8 Å². The maximum Gasteiger partial charge on any atom is 0.265 e. The molecule has 0 saturated carbocycles. The van der Waals surface area contributed by atoms with Crippen molar-refractivity contribution in [1.82, 2.24) is 4.98 Å². The summed E-state index contributed by atoms with van der Waals surface area (Å²) in [7, 11) is -8.59. The molecule has 0 unspecified atom stereocenters. The zero-order valence-electron chi connectivity index (χ0n) is 11.3. The van der Waals surface area contributed by atoms with E-state index in [-0.39, 0.29) is 5.48 Å². The number of hydrogen-bond donors (Lipinski definition) is 2. The summed E-state index contributed by atoms with van der Waals surface area (Å²) < 4.78 is 60.5. The van der Waals surface area contributed by atoms with Crippen molar-refractivity contribution in [3.8, 4) is 0 Å². The molecule has 9 nitrogen and oxygen atoms in total. The number of rotatable bonds is 4. The van der Waals surface area contributed by atoms with Crippen LogP contribution in [0.15, 0.2) is 10.8 Å². The third kappa shape index (κ3) is 10.9. The van der Waals surface area contributed by atoms with Gasteiger partial charge in [0.15, 0.2) is 6.39 Å². The normalized spacial score (nSPS) is 11.5. The molecule has 20 heavy (non-hydrogen) atoms. The fourth-order valence-corrected chi connectivity index (χ4v) is 2.76. The molecular formula is C9H19NO8S2. The van der Waals surface area contributed by atoms with Gasteiger partial charge in [-0.15, -0.1) is 0 Å². The van der Waals surface area contributed by atoms with Gasteiger partial charge in [0.2, 0.25) is 0 Å². The molecule has 1 aromatic rings. The molecule has 0 aromatic carbocycles. The van der Waals surface area contributed by atoms with E-state index in [2.05, 4.69) is 18.8 Å². The van der Waals surface area contributed by atoms with Crippen molar-refractivity contribution in [3.63, 3.8) is 0 Å². The minimum atomic E-state index is -4.30. The zero-order chi connectivity index (χ0) is 15.3. The molecule has 1 rings (SSSR count). The van der Waals surface area contributed by atoms with Crippen LogP contribution < -0.4 is 0 Å². The van der Waals surface area contributed by atoms with E-state index < -0.39 is 31.7 Å². The average Bonchev–Trinajstić information content (AvgIpc) is 2.60. The van der Waals surface area contributed by atoms with Gasteiger partial charge >= 0.3 is 0 Å². The van der Waals surface area contributed by atoms with Crippen molar-refractivity contribution in [2.24, 2.45) is 0 Å². The Labute approximate surface area is 117 Å². The van der Waals surface area contributed by atoms with Gasteiger partial charge in [-0.25, -0.2) is 4.98 Å². The monoisotopic (exact) mass is 333 g/mol. The van der Waals surface area contributed by atoms with Gasteiger partial charge in [0, 0.05) is 5.92 Å². The van der Waals surface area contributed by atoms with Crippen LogP contribution in [0.4, 0.5) is 0 Å². The minimum Gasteiger partial charge on any atom is -0.448 e. The quantitative estimate of drug-likeness (QED) is 0.728. The largest absolute Gasteiger partial charge is 0.448 e. The maximum absolute atomic E-state index is 9.86. The predicted octanol–water partition coefficient (Wildman–Crippen LogP) is 0.0437. The van der Waals surface area contributed by atoms with Gasteiger partial charge < -0.3 is 9.89 Å². The topological polar surface area (TPSA) is 166 Å². The highest BCUT2D eigenvalue weighted by molar-refractivity contribution is 7.89. The number of aryl methyl sites for hydroxylation is 1. The van der Waals surface area contributed by atoms with E-state index >= 15 is 0 Å². The molecule has 11 heteroatoms. The Morgan fingerprint density at radius 2 is 1.55 bits per heavy atom. The fourth-order valence-electron chi connectivity index (χ4n) is 1.08. The number of hydrogen-bond acceptors (Lipinski definition) is 6. The van der Waals surface area contributed by atoms with E-state index in [1.165, 1.54) is 6.39 Å². The van der Waals surface area contributed by atoms with Gasteiger partial charge in [-0.1, -0.05) is 13.8 Å². The lowest BCUT2D eigenvalue weighted by Gasteiger charge is -1.97. The molecule has 1 aromatic heterocycles. The van der Waals surface area contributed by atoms with Crippen LogP contribution in [0, 0.1) is 6.92 Å². The highest BCUT2D eigenvalue weighted by Gasteiger charge is 2.11. The Bertz CT molecular complexity index is 555. The smallest absolute Gasteiger partial charge is 0.265 e. The molecule has 0 fully saturated rings. The lowest BCUT2D eigenvalue weighted by atomic mass is 10.1. The van der Waals surface area contributed by atoms with Crippen LogP contribution in [0.5, 0.6) is 0 Å². The van der Waals surface area contributed by atoms with E-state index in [0.717, 1.165) is 11.5 Å². The molecular weight excluding hydrogens is 314 g/mol. The summed E-state index contributed by atoms with van der Waals surface area (Å²) in [6, 6.07) is 0. The van der Waals surface area contributed by atoms with Crippen LogP contribution in [-0.4, -0.2) is 47.9 Å². The second kappa shape index (κ2) is 8.32. The maximum atomic E-state index is 9.86. The van der Waals surface area contributed by atoms with Crippen LogP contribution in [0.3, 0.4) is 0 Å². The SMILES string of the molecule is Cc1ncoc1C(C)C.O.O=S(=O)(O)CCS(=O)(=O)O. The summed E-state index contributed by atoms with van der Waals surface area (Å²) in [5, 5.41) is 0. The van der Waals surface area contributed by atoms with E-state index in [0.29, 0.717) is 5.92 Å². The zero-order valence-corrected chi connectivity index (χ0v) is 12.9. The number of aromatic nitrogens is 1. The molecule has 0 saturated heterocycles. The molecule has 0 aliphatic carbocycles. The van der Waals surface area contributed by atoms with E-state index in [9.17, 15) is 16.8 Å². The molecule has 120 valence electrons. The van der Waals surface area contributed by atoms with Gasteiger partial charge in [0.05, 0.1) is 17.2 Å². The summed E-state index contributed by atoms with van der Waals surface area (Å²) in [5.41, 5.74) is 1.00. The second-order valence-electron chi connectivity index (χ2n) is 4.03. The first-order valence-corrected chi connectivity index (χ1v) is 8.44. The van der Waals surface area contributed by atoms with E-state index in [4.69, 9.17) is 13.5 Å². The molecule has 4 N–H and O–H groups in total. The van der Waals surface area contributed by atoms with Gasteiger partial charge in [0.25, 0.3) is 20.2 Å². The Morgan fingerprint density at radius 3 is 1.70 bits per heavy atom. The first-order valence-electron chi connectivity index (χ1n) is 5.22. The van der Waals surface area contributed by atoms with Crippen molar-refractivity contribution >= 4 is 20.2 Å². The lowest BCUT2D eigenvalue weighted by molar-refractivity contribution is 0.472. The Kier molecular flexibility index (Phi) is 8.85. The van der Waals surface area contributed by atoms with Crippen LogP contribution in [0.1, 0.15) is 31.2 Å². The van der Waals surface area contributed by atoms with Gasteiger partial charge in [0.1, 0.15) is 5.76 Å². The van der Waals surface area contributed by atoms with Crippen LogP contribution in [0.25, 0.3) is 0 Å². The minimum absolute atomic E-state index is 0. The van der Waals surface area contributed by atoms with Crippen molar-refractivity contribution in [2.45, 2.75) is 26.7 Å². The average molecular weight is 333 g/mol. The highest BCUT2D eigenvalue weighted by atomic mass is 32.2. The fraction of sp³-hybridized carbons (Fsp3) is 0.667. The van der Waals surface area contributed by atoms with Gasteiger partial charge in [-0.05, 0) is 6.92 Å². The third-order valence-electron chi connectivity index (χ3n) is 1.91. The Morgan fingerprint density at radius 1 is 1.15 bits per heavy atom. The van der Waals surface area contributed by atoms with Crippen molar-refractivity contribution in [1.29, 1.82) is 0 Å². The molecule has 0 bridgehead atoms. The van der Waals surface area contributed by atoms with E-state index in [1.54, 1.807) is 0 Å². The highest BCUT2D eigenvalue weighted by Crippen LogP contribution is 2.16. The third-order valence-corrected chi connectivity index (χ3v) is 3.60. The summed E-state index contributed by atoms with van der Waals surface area (Å²) >= 11 is 0. The number of oxazole rings is 1. The first-order chi connectivity index (χ1) is 8.42. The standard InChI is InChI=1S/C7H11NO.C2H6O6S2.H2O/c1-5(2)7-6(3)8-4-9-7;3-9(4,5)1-2-10(6,7)8;/h4-5H,1-3H3;1-2H2,(H,3,4,5)(H,6,7,8);1H2. The van der Waals surface area contributed by atoms with Crippen molar-refractivity contribution < 1.29 is 35.8 Å². The van der Waals surface area contributed by atoms with Crippen LogP contribution in [-0.2, 0) is 20.2 Å². The molecule has 0 spiro atoms. The summed E-state index contributed by atoms with van der Waals surface area (Å²) in [6.45, 7) is 6.14. The number of nitrogens with zero attached hydrogens (tertiary/aromatic N) is 1. The second-order valence-corrected chi connectivity index (χ2v) is 7.17. The molecule has 0 amide bonds. The summed E-state index contributed by atoms with van der Waals surface area (Å²) in [5.74, 6) is -0.514. The van der Waals surface area contributed by atoms with Crippen LogP contribution in [0.2, 0.25) is 0 Å². The Hall–Kier alpha value is -1.01. The molecule has 1 heterocycles. The first kappa shape index (κ1) is 21.3. The predicted molar refractivity (Wildman–Crippen MR) is 71.8 cm³/mol. The van der Waals surface area contributed by atoms with E-state index in [1.807, 2.05) is 6.92 Å². The molecule has 0 aliphatic heterocycles. The van der Waals surface area contributed by atoms with Crippen molar-refractivity contribution in [2.75, 3.05) is 11.5 Å². The van der Waals surface area contributed by atoms with Gasteiger partial charge in [-0.3, -0.25) is 9.11 Å². The van der Waals surface area contributed by atoms with Gasteiger partial charge in [-0.2, -0.15) is 16.8 Å².